The van der Waals surface area contributed by atoms with E-state index >= 15 is 4.39 Å². The summed E-state index contributed by atoms with van der Waals surface area (Å²) in [5, 5.41) is 0.359. The van der Waals surface area contributed by atoms with Crippen LogP contribution in [0.1, 0.15) is 17.4 Å². The van der Waals surface area contributed by atoms with Crippen LogP contribution in [0.25, 0.3) is 10.9 Å². The first kappa shape index (κ1) is 21.9. The lowest BCUT2D eigenvalue weighted by Crippen LogP contribution is -2.45. The van der Waals surface area contributed by atoms with Crippen molar-refractivity contribution < 1.29 is 13.5 Å². The average Bonchev–Trinajstić information content (AvgIpc) is 3.17. The standard InChI is InChI=1S/C23H26F2N6O/c1-4-5-17(31-10-8-30(3)9-11-31)21(26)22-20(25)23(28-13-27-22)32-18-7-6-16-15(19(18)24)12-14(2)29-16/h4-7,12-13,21,29H,1,8-11,26H2,2-3H3/b17-5+. The van der Waals surface area contributed by atoms with Crippen LogP contribution in [0.4, 0.5) is 8.78 Å². The third kappa shape index (κ3) is 4.21. The Labute approximate surface area is 185 Å². The molecule has 3 N–H and O–H groups in total. The van der Waals surface area contributed by atoms with Gasteiger partial charge in [0.25, 0.3) is 5.88 Å². The van der Waals surface area contributed by atoms with Crippen molar-refractivity contribution in [3.63, 3.8) is 0 Å². The number of likely N-dealkylation sites (N-methyl/N-ethyl adjacent to an activating group) is 1. The minimum atomic E-state index is -0.860. The number of ether oxygens (including phenoxy) is 1. The summed E-state index contributed by atoms with van der Waals surface area (Å²) in [5.74, 6) is -1.93. The summed E-state index contributed by atoms with van der Waals surface area (Å²) in [6.45, 7) is 8.81. The van der Waals surface area contributed by atoms with E-state index in [1.165, 1.54) is 12.4 Å². The van der Waals surface area contributed by atoms with Crippen molar-refractivity contribution >= 4 is 10.9 Å². The van der Waals surface area contributed by atoms with Gasteiger partial charge in [0, 0.05) is 48.5 Å². The molecule has 0 bridgehead atoms. The van der Waals surface area contributed by atoms with Crippen LogP contribution in [0.15, 0.2) is 49.0 Å². The fourth-order valence-electron chi connectivity index (χ4n) is 3.86. The van der Waals surface area contributed by atoms with Gasteiger partial charge in [0.1, 0.15) is 12.0 Å². The van der Waals surface area contributed by atoms with E-state index in [9.17, 15) is 4.39 Å². The van der Waals surface area contributed by atoms with Crippen LogP contribution in [-0.4, -0.2) is 58.0 Å². The predicted molar refractivity (Wildman–Crippen MR) is 119 cm³/mol. The van der Waals surface area contributed by atoms with Gasteiger partial charge in [-0.25, -0.2) is 9.37 Å². The number of nitrogens with one attached hydrogen (secondary N) is 1. The van der Waals surface area contributed by atoms with Crippen LogP contribution >= 0.6 is 0 Å². The topological polar surface area (TPSA) is 83.3 Å². The van der Waals surface area contributed by atoms with Crippen LogP contribution in [0.2, 0.25) is 0 Å². The number of rotatable bonds is 6. The summed E-state index contributed by atoms with van der Waals surface area (Å²) in [6.07, 6.45) is 4.55. The first-order valence-corrected chi connectivity index (χ1v) is 10.4. The Hall–Kier alpha value is -3.30. The smallest absolute Gasteiger partial charge is 0.259 e. The number of H-pyrrole nitrogens is 1. The van der Waals surface area contributed by atoms with Crippen LogP contribution in [0.5, 0.6) is 11.6 Å². The van der Waals surface area contributed by atoms with Gasteiger partial charge in [-0.3, -0.25) is 0 Å². The van der Waals surface area contributed by atoms with Crippen molar-refractivity contribution in [3.05, 3.63) is 72.0 Å². The number of nitrogens with zero attached hydrogens (tertiary/aromatic N) is 4. The molecule has 1 atom stereocenters. The van der Waals surface area contributed by atoms with Gasteiger partial charge in [-0.05, 0) is 38.2 Å². The number of nitrogens with two attached hydrogens (primary N) is 1. The van der Waals surface area contributed by atoms with E-state index in [2.05, 4.69) is 31.3 Å². The number of aromatic nitrogens is 3. The Morgan fingerprint density at radius 3 is 2.69 bits per heavy atom. The van der Waals surface area contributed by atoms with E-state index < -0.39 is 17.7 Å². The Kier molecular flexibility index (Phi) is 6.20. The molecule has 0 radical (unpaired) electrons. The molecule has 1 saturated heterocycles. The van der Waals surface area contributed by atoms with Gasteiger partial charge < -0.3 is 25.3 Å². The maximum Gasteiger partial charge on any atom is 0.259 e. The number of benzene rings is 1. The molecule has 3 aromatic rings. The Balaban J connectivity index is 1.64. The molecular formula is C23H26F2N6O. The molecule has 168 valence electrons. The van der Waals surface area contributed by atoms with E-state index in [4.69, 9.17) is 10.5 Å². The molecular weight excluding hydrogens is 414 g/mol. The molecule has 9 heteroatoms. The van der Waals surface area contributed by atoms with Crippen LogP contribution in [0.3, 0.4) is 0 Å². The van der Waals surface area contributed by atoms with Gasteiger partial charge in [0.05, 0.1) is 6.04 Å². The predicted octanol–water partition coefficient (Wildman–Crippen LogP) is 3.65. The first-order chi connectivity index (χ1) is 15.4. The molecule has 4 rings (SSSR count). The van der Waals surface area contributed by atoms with E-state index in [1.807, 2.05) is 14.0 Å². The highest BCUT2D eigenvalue weighted by atomic mass is 19.1. The highest BCUT2D eigenvalue weighted by molar-refractivity contribution is 5.82. The zero-order valence-corrected chi connectivity index (χ0v) is 18.1. The second-order valence-electron chi connectivity index (χ2n) is 7.87. The number of hydrogen-bond acceptors (Lipinski definition) is 6. The summed E-state index contributed by atoms with van der Waals surface area (Å²) in [6, 6.07) is 3.91. The summed E-state index contributed by atoms with van der Waals surface area (Å²) in [7, 11) is 2.05. The Morgan fingerprint density at radius 1 is 1.22 bits per heavy atom. The quantitative estimate of drug-likeness (QED) is 0.570. The van der Waals surface area contributed by atoms with E-state index in [1.54, 1.807) is 24.3 Å². The molecule has 0 saturated carbocycles. The van der Waals surface area contributed by atoms with Gasteiger partial charge in [0.2, 0.25) is 5.82 Å². The summed E-state index contributed by atoms with van der Waals surface area (Å²) in [4.78, 5) is 15.3. The van der Waals surface area contributed by atoms with Crippen molar-refractivity contribution in [3.8, 4) is 11.6 Å². The van der Waals surface area contributed by atoms with Crippen molar-refractivity contribution in [2.75, 3.05) is 33.2 Å². The highest BCUT2D eigenvalue weighted by Crippen LogP contribution is 2.33. The SMILES string of the molecule is C=C/C=C(\C(N)c1ncnc(Oc2ccc3[nH]c(C)cc3c2F)c1F)N1CCN(C)CC1. The van der Waals surface area contributed by atoms with Crippen molar-refractivity contribution in [1.82, 2.24) is 24.8 Å². The number of halogens is 2. The number of fused-ring (bicyclic) bond motifs is 1. The molecule has 0 spiro atoms. The fourth-order valence-corrected chi connectivity index (χ4v) is 3.86. The molecule has 1 aliphatic heterocycles. The van der Waals surface area contributed by atoms with Gasteiger partial charge in [0.15, 0.2) is 11.6 Å². The molecule has 1 aliphatic rings. The van der Waals surface area contributed by atoms with Gasteiger partial charge in [-0.1, -0.05) is 12.7 Å². The van der Waals surface area contributed by atoms with Gasteiger partial charge in [-0.15, -0.1) is 0 Å². The number of aromatic amines is 1. The number of piperazine rings is 1. The van der Waals surface area contributed by atoms with E-state index in [-0.39, 0.29) is 17.3 Å². The fraction of sp³-hybridized carbons (Fsp3) is 0.304. The van der Waals surface area contributed by atoms with Crippen LogP contribution in [-0.2, 0) is 0 Å². The largest absolute Gasteiger partial charge is 0.433 e. The Morgan fingerprint density at radius 2 is 1.97 bits per heavy atom. The Bertz CT molecular complexity index is 1170. The maximum absolute atomic E-state index is 15.3. The number of aryl methyl sites for hydroxylation is 1. The van der Waals surface area contributed by atoms with Crippen molar-refractivity contribution in [1.29, 1.82) is 0 Å². The third-order valence-electron chi connectivity index (χ3n) is 5.60. The normalized spacial score (nSPS) is 16.4. The maximum atomic E-state index is 15.3. The monoisotopic (exact) mass is 440 g/mol. The molecule has 0 amide bonds. The van der Waals surface area contributed by atoms with Crippen LogP contribution < -0.4 is 10.5 Å². The summed E-state index contributed by atoms with van der Waals surface area (Å²) < 4.78 is 35.8. The van der Waals surface area contributed by atoms with Gasteiger partial charge in [-0.2, -0.15) is 9.37 Å². The minimum Gasteiger partial charge on any atom is -0.433 e. The molecule has 32 heavy (non-hydrogen) atoms. The second kappa shape index (κ2) is 9.05. The van der Waals surface area contributed by atoms with Crippen molar-refractivity contribution in [2.24, 2.45) is 5.73 Å². The second-order valence-corrected chi connectivity index (χ2v) is 7.87. The summed E-state index contributed by atoms with van der Waals surface area (Å²) in [5.41, 5.74) is 8.54. The minimum absolute atomic E-state index is 0.0268. The number of hydrogen-bond donors (Lipinski definition) is 2. The molecule has 1 aromatic carbocycles. The van der Waals surface area contributed by atoms with Crippen LogP contribution in [0, 0.1) is 18.6 Å². The summed E-state index contributed by atoms with van der Waals surface area (Å²) >= 11 is 0. The average molecular weight is 440 g/mol. The van der Waals surface area contributed by atoms with E-state index in [0.29, 0.717) is 16.6 Å². The molecule has 0 aliphatic carbocycles. The molecule has 2 aromatic heterocycles. The first-order valence-electron chi connectivity index (χ1n) is 10.4. The molecule has 1 unspecified atom stereocenters. The van der Waals surface area contributed by atoms with Gasteiger partial charge >= 0.3 is 0 Å². The van der Waals surface area contributed by atoms with Crippen molar-refractivity contribution in [2.45, 2.75) is 13.0 Å². The number of allylic oxidation sites excluding steroid dienone is 2. The highest BCUT2D eigenvalue weighted by Gasteiger charge is 2.27. The third-order valence-corrected chi connectivity index (χ3v) is 5.60. The molecule has 3 heterocycles. The molecule has 1 fully saturated rings. The lowest BCUT2D eigenvalue weighted by atomic mass is 10.1. The van der Waals surface area contributed by atoms with E-state index in [0.717, 1.165) is 31.9 Å². The zero-order valence-electron chi connectivity index (χ0n) is 18.1. The lowest BCUT2D eigenvalue weighted by molar-refractivity contribution is 0.178. The lowest BCUT2D eigenvalue weighted by Gasteiger charge is -2.37. The zero-order chi connectivity index (χ0) is 22.8. The molecule has 7 nitrogen and oxygen atoms in total.